The van der Waals surface area contributed by atoms with Crippen LogP contribution in [0.1, 0.15) is 30.8 Å². The molecule has 0 aliphatic heterocycles. The van der Waals surface area contributed by atoms with Gasteiger partial charge in [-0.25, -0.2) is 13.9 Å². The Balaban J connectivity index is 2.28. The molecule has 0 saturated carbocycles. The van der Waals surface area contributed by atoms with Crippen molar-refractivity contribution >= 4 is 11.6 Å². The lowest BCUT2D eigenvalue weighted by molar-refractivity contribution is -0.148. The van der Waals surface area contributed by atoms with Gasteiger partial charge in [-0.2, -0.15) is 31.4 Å². The Hall–Kier alpha value is -3.38. The topological polar surface area (TPSA) is 59.7 Å². The first kappa shape index (κ1) is 26.2. The van der Waals surface area contributed by atoms with E-state index in [0.29, 0.717) is 13.1 Å². The summed E-state index contributed by atoms with van der Waals surface area (Å²) in [5.74, 6) is -0.244. The number of halogens is 7. The highest BCUT2D eigenvalue weighted by Gasteiger charge is 2.41. The van der Waals surface area contributed by atoms with Crippen molar-refractivity contribution in [2.24, 2.45) is 0 Å². The summed E-state index contributed by atoms with van der Waals surface area (Å²) < 4.78 is 99.2. The molecule has 0 spiro atoms. The molecule has 35 heavy (non-hydrogen) atoms. The first-order valence-electron chi connectivity index (χ1n) is 10.5. The third-order valence-corrected chi connectivity index (χ3v) is 5.18. The van der Waals surface area contributed by atoms with Gasteiger partial charge < -0.3 is 9.64 Å². The number of amides is 1. The van der Waals surface area contributed by atoms with Crippen LogP contribution >= 0.6 is 0 Å². The predicted octanol–water partition coefficient (Wildman–Crippen LogP) is 5.19. The highest BCUT2D eigenvalue weighted by Crippen LogP contribution is 2.37. The van der Waals surface area contributed by atoms with E-state index in [0.717, 1.165) is 0 Å². The van der Waals surface area contributed by atoms with Crippen molar-refractivity contribution in [3.8, 4) is 17.0 Å². The zero-order chi connectivity index (χ0) is 26.0. The second-order valence-electron chi connectivity index (χ2n) is 7.39. The molecule has 1 aromatic carbocycles. The minimum atomic E-state index is -5.19. The number of rotatable bonds is 8. The lowest BCUT2D eigenvalue weighted by Gasteiger charge is -2.18. The Kier molecular flexibility index (Phi) is 7.56. The summed E-state index contributed by atoms with van der Waals surface area (Å²) in [5, 5.41) is 3.92. The molecule has 0 aliphatic carbocycles. The normalized spacial score (nSPS) is 12.3. The first-order valence-corrected chi connectivity index (χ1v) is 10.5. The maximum absolute atomic E-state index is 13.7. The van der Waals surface area contributed by atoms with E-state index in [1.807, 2.05) is 0 Å². The Bertz CT molecular complexity index is 1180. The highest BCUT2D eigenvalue weighted by atomic mass is 19.4. The van der Waals surface area contributed by atoms with Gasteiger partial charge in [0.05, 0.1) is 12.1 Å². The number of alkyl halides is 7. The molecule has 2 aromatic heterocycles. The number of fused-ring (bicyclic) bond motifs is 1. The summed E-state index contributed by atoms with van der Waals surface area (Å²) in [6.07, 6.45) is -10.9. The van der Waals surface area contributed by atoms with Crippen molar-refractivity contribution in [3.63, 3.8) is 0 Å². The second kappa shape index (κ2) is 10.1. The van der Waals surface area contributed by atoms with E-state index < -0.39 is 48.4 Å². The molecule has 0 aliphatic rings. The van der Waals surface area contributed by atoms with Crippen LogP contribution in [0.4, 0.5) is 30.7 Å². The SMILES string of the molecule is CCN(CC)C(=O)Cc1c(-c2ccc(OCCF)cc2)nn2c(C(F)(F)F)cc(C(F)(F)F)nc12. The van der Waals surface area contributed by atoms with Crippen molar-refractivity contribution < 1.29 is 40.3 Å². The van der Waals surface area contributed by atoms with E-state index in [9.17, 15) is 35.5 Å². The standard InChI is InChI=1S/C22H21F7N4O2/c1-3-32(4-2)18(34)11-15-19(13-5-7-14(8-6-13)35-10-9-23)31-33-17(22(27,28)29)12-16(21(24,25)26)30-20(15)33/h5-8,12H,3-4,9-11H2,1-2H3. The van der Waals surface area contributed by atoms with Crippen LogP contribution in [-0.4, -0.2) is 51.8 Å². The summed E-state index contributed by atoms with van der Waals surface area (Å²) in [5.41, 5.74) is -4.26. The van der Waals surface area contributed by atoms with Crippen LogP contribution in [0.5, 0.6) is 5.75 Å². The number of hydrogen-bond donors (Lipinski definition) is 0. The van der Waals surface area contributed by atoms with Crippen LogP contribution in [0.25, 0.3) is 16.9 Å². The zero-order valence-electron chi connectivity index (χ0n) is 18.7. The van der Waals surface area contributed by atoms with Crippen LogP contribution < -0.4 is 4.74 Å². The Morgan fingerprint density at radius 2 is 1.66 bits per heavy atom. The molecule has 3 aromatic rings. The molecule has 190 valence electrons. The van der Waals surface area contributed by atoms with E-state index in [1.165, 1.54) is 29.2 Å². The van der Waals surface area contributed by atoms with Gasteiger partial charge in [0.15, 0.2) is 11.3 Å². The number of aromatic nitrogens is 3. The molecule has 0 atom stereocenters. The third kappa shape index (κ3) is 5.65. The summed E-state index contributed by atoms with van der Waals surface area (Å²) in [4.78, 5) is 17.6. The Morgan fingerprint density at radius 1 is 1.03 bits per heavy atom. The summed E-state index contributed by atoms with van der Waals surface area (Å²) in [7, 11) is 0. The van der Waals surface area contributed by atoms with E-state index in [2.05, 4.69) is 10.1 Å². The van der Waals surface area contributed by atoms with Crippen molar-refractivity contribution in [3.05, 3.63) is 47.3 Å². The molecule has 0 saturated heterocycles. The van der Waals surface area contributed by atoms with Gasteiger partial charge in [-0.3, -0.25) is 4.79 Å². The molecule has 0 radical (unpaired) electrons. The molecule has 3 rings (SSSR count). The average molecular weight is 506 g/mol. The van der Waals surface area contributed by atoms with Crippen LogP contribution in [0.15, 0.2) is 30.3 Å². The number of carbonyl (C=O) groups is 1. The van der Waals surface area contributed by atoms with Crippen molar-refractivity contribution in [1.29, 1.82) is 0 Å². The van der Waals surface area contributed by atoms with Crippen LogP contribution in [0, 0.1) is 0 Å². The maximum Gasteiger partial charge on any atom is 0.433 e. The lowest BCUT2D eigenvalue weighted by atomic mass is 10.0. The predicted molar refractivity (Wildman–Crippen MR) is 112 cm³/mol. The van der Waals surface area contributed by atoms with Gasteiger partial charge in [0.25, 0.3) is 0 Å². The van der Waals surface area contributed by atoms with Crippen LogP contribution in [-0.2, 0) is 23.6 Å². The molecule has 1 amide bonds. The van der Waals surface area contributed by atoms with Gasteiger partial charge >= 0.3 is 12.4 Å². The number of ether oxygens (including phenoxy) is 1. The largest absolute Gasteiger partial charge is 0.491 e. The lowest BCUT2D eigenvalue weighted by Crippen LogP contribution is -2.31. The molecule has 13 heteroatoms. The van der Waals surface area contributed by atoms with Gasteiger partial charge in [0, 0.05) is 24.2 Å². The molecule has 0 bridgehead atoms. The van der Waals surface area contributed by atoms with Crippen molar-refractivity contribution in [2.45, 2.75) is 32.6 Å². The number of nitrogens with zero attached hydrogens (tertiary/aromatic N) is 4. The average Bonchev–Trinajstić information content (AvgIpc) is 3.15. The van der Waals surface area contributed by atoms with Gasteiger partial charge in [0.1, 0.15) is 24.7 Å². The van der Waals surface area contributed by atoms with E-state index in [4.69, 9.17) is 4.74 Å². The smallest absolute Gasteiger partial charge is 0.433 e. The molecule has 2 heterocycles. The van der Waals surface area contributed by atoms with Crippen LogP contribution in [0.3, 0.4) is 0 Å². The van der Waals surface area contributed by atoms with Crippen molar-refractivity contribution in [2.75, 3.05) is 26.4 Å². The van der Waals surface area contributed by atoms with Crippen LogP contribution in [0.2, 0.25) is 0 Å². The molecule has 0 fully saturated rings. The maximum atomic E-state index is 13.7. The fourth-order valence-electron chi connectivity index (χ4n) is 3.51. The van der Waals surface area contributed by atoms with Gasteiger partial charge in [-0.05, 0) is 44.2 Å². The second-order valence-corrected chi connectivity index (χ2v) is 7.39. The van der Waals surface area contributed by atoms with E-state index in [1.54, 1.807) is 13.8 Å². The molecular weight excluding hydrogens is 485 g/mol. The Morgan fingerprint density at radius 3 is 2.17 bits per heavy atom. The molecule has 6 nitrogen and oxygen atoms in total. The minimum Gasteiger partial charge on any atom is -0.491 e. The number of likely N-dealkylation sites (N-methyl/N-ethyl adjacent to an activating group) is 1. The zero-order valence-corrected chi connectivity index (χ0v) is 18.7. The highest BCUT2D eigenvalue weighted by molar-refractivity contribution is 5.84. The van der Waals surface area contributed by atoms with Gasteiger partial charge in [0.2, 0.25) is 5.91 Å². The number of hydrogen-bond acceptors (Lipinski definition) is 4. The third-order valence-electron chi connectivity index (χ3n) is 5.18. The Labute approximate surface area is 195 Å². The molecular formula is C22H21F7N4O2. The summed E-state index contributed by atoms with van der Waals surface area (Å²) >= 11 is 0. The number of benzene rings is 1. The molecule has 0 unspecified atom stereocenters. The molecule has 0 N–H and O–H groups in total. The van der Waals surface area contributed by atoms with Crippen molar-refractivity contribution in [1.82, 2.24) is 19.5 Å². The first-order chi connectivity index (χ1) is 16.4. The van der Waals surface area contributed by atoms with E-state index in [-0.39, 0.29) is 39.8 Å². The monoisotopic (exact) mass is 506 g/mol. The number of carbonyl (C=O) groups excluding carboxylic acids is 1. The van der Waals surface area contributed by atoms with Gasteiger partial charge in [-0.1, -0.05) is 0 Å². The summed E-state index contributed by atoms with van der Waals surface area (Å²) in [6, 6.07) is 5.50. The minimum absolute atomic E-state index is 0.117. The fraction of sp³-hybridized carbons (Fsp3) is 0.409. The summed E-state index contributed by atoms with van der Waals surface area (Å²) in [6.45, 7) is 3.02. The fourth-order valence-corrected chi connectivity index (χ4v) is 3.51. The van der Waals surface area contributed by atoms with E-state index >= 15 is 0 Å². The quantitative estimate of drug-likeness (QED) is 0.395. The van der Waals surface area contributed by atoms with Gasteiger partial charge in [-0.15, -0.1) is 0 Å².